The molecule has 1 aliphatic heterocycles. The number of alkyl halides is 3. The summed E-state index contributed by atoms with van der Waals surface area (Å²) in [5.74, 6) is 0.550. The molecule has 1 aliphatic rings. The van der Waals surface area contributed by atoms with Crippen LogP contribution in [0.1, 0.15) is 29.9 Å². The SMILES string of the molecule is COc1cccc(C(O)(C(O)Nc2ccc(C3CCN(C)CC3)cc2)C(F)(F)F)c1. The van der Waals surface area contributed by atoms with Gasteiger partial charge in [-0.3, -0.25) is 0 Å². The molecule has 164 valence electrons. The van der Waals surface area contributed by atoms with Crippen LogP contribution < -0.4 is 10.1 Å². The zero-order chi connectivity index (χ0) is 21.9. The third kappa shape index (κ3) is 4.55. The number of hydrogen-bond donors (Lipinski definition) is 3. The van der Waals surface area contributed by atoms with E-state index < -0.39 is 23.6 Å². The van der Waals surface area contributed by atoms with Crippen LogP contribution in [0, 0.1) is 0 Å². The van der Waals surface area contributed by atoms with E-state index in [0.717, 1.165) is 43.6 Å². The van der Waals surface area contributed by atoms with E-state index in [1.807, 2.05) is 12.1 Å². The van der Waals surface area contributed by atoms with E-state index in [9.17, 15) is 23.4 Å². The Labute approximate surface area is 174 Å². The maximum absolute atomic E-state index is 13.8. The highest BCUT2D eigenvalue weighted by atomic mass is 19.4. The molecule has 30 heavy (non-hydrogen) atoms. The van der Waals surface area contributed by atoms with Gasteiger partial charge in [0.1, 0.15) is 5.75 Å². The fraction of sp³-hybridized carbons (Fsp3) is 0.455. The number of aliphatic hydroxyl groups excluding tert-OH is 1. The number of likely N-dealkylation sites (tertiary alicyclic amines) is 1. The molecule has 2 atom stereocenters. The third-order valence-electron chi connectivity index (χ3n) is 5.74. The molecule has 8 heteroatoms. The van der Waals surface area contributed by atoms with Gasteiger partial charge in [0.25, 0.3) is 0 Å². The van der Waals surface area contributed by atoms with Crippen LogP contribution in [0.3, 0.4) is 0 Å². The molecule has 3 N–H and O–H groups in total. The lowest BCUT2D eigenvalue weighted by atomic mass is 9.89. The molecule has 3 rings (SSSR count). The smallest absolute Gasteiger partial charge is 0.425 e. The predicted molar refractivity (Wildman–Crippen MR) is 108 cm³/mol. The van der Waals surface area contributed by atoms with Crippen LogP contribution in [0.25, 0.3) is 0 Å². The summed E-state index contributed by atoms with van der Waals surface area (Å²) >= 11 is 0. The molecule has 2 aromatic rings. The minimum atomic E-state index is -5.13. The standard InChI is InChI=1S/C22H27F3N2O3/c1-27-12-10-16(11-13-27)15-6-8-18(9-7-15)26-20(28)21(29,22(23,24)25)17-4-3-5-19(14-17)30-2/h3-9,14,16,20,26,28-29H,10-13H2,1-2H3. The number of rotatable bonds is 6. The molecule has 2 aromatic carbocycles. The van der Waals surface area contributed by atoms with Gasteiger partial charge >= 0.3 is 6.18 Å². The van der Waals surface area contributed by atoms with E-state index >= 15 is 0 Å². The molecular formula is C22H27F3N2O3. The van der Waals surface area contributed by atoms with Gasteiger partial charge in [-0.25, -0.2) is 0 Å². The number of methoxy groups -OCH3 is 1. The molecule has 0 saturated carbocycles. The fourth-order valence-corrected chi connectivity index (χ4v) is 3.79. The van der Waals surface area contributed by atoms with Gasteiger partial charge in [0.15, 0.2) is 6.23 Å². The lowest BCUT2D eigenvalue weighted by molar-refractivity contribution is -0.293. The lowest BCUT2D eigenvalue weighted by Crippen LogP contribution is -2.54. The van der Waals surface area contributed by atoms with Crippen molar-refractivity contribution in [3.05, 3.63) is 59.7 Å². The Hall–Kier alpha value is -2.29. The van der Waals surface area contributed by atoms with E-state index in [1.54, 1.807) is 12.1 Å². The molecule has 2 unspecified atom stereocenters. The van der Waals surface area contributed by atoms with Crippen molar-refractivity contribution in [3.63, 3.8) is 0 Å². The summed E-state index contributed by atoms with van der Waals surface area (Å²) < 4.78 is 46.4. The summed E-state index contributed by atoms with van der Waals surface area (Å²) in [5.41, 5.74) is -2.64. The summed E-state index contributed by atoms with van der Waals surface area (Å²) in [6.07, 6.45) is -5.40. The van der Waals surface area contributed by atoms with Crippen molar-refractivity contribution in [2.24, 2.45) is 0 Å². The van der Waals surface area contributed by atoms with Gasteiger partial charge in [0.2, 0.25) is 5.60 Å². The fourth-order valence-electron chi connectivity index (χ4n) is 3.79. The largest absolute Gasteiger partial charge is 0.497 e. The zero-order valence-electron chi connectivity index (χ0n) is 17.0. The molecule has 0 aliphatic carbocycles. The predicted octanol–water partition coefficient (Wildman–Crippen LogP) is 3.68. The van der Waals surface area contributed by atoms with Crippen molar-refractivity contribution >= 4 is 5.69 Å². The van der Waals surface area contributed by atoms with Crippen LogP contribution in [0.5, 0.6) is 5.75 Å². The molecular weight excluding hydrogens is 397 g/mol. The van der Waals surface area contributed by atoms with E-state index in [1.165, 1.54) is 19.2 Å². The van der Waals surface area contributed by atoms with E-state index in [0.29, 0.717) is 5.92 Å². The summed E-state index contributed by atoms with van der Waals surface area (Å²) in [5, 5.41) is 23.3. The molecule has 0 spiro atoms. The average molecular weight is 424 g/mol. The van der Waals surface area contributed by atoms with Gasteiger partial charge in [-0.2, -0.15) is 13.2 Å². The topological polar surface area (TPSA) is 65.0 Å². The highest BCUT2D eigenvalue weighted by Crippen LogP contribution is 2.42. The maximum Gasteiger partial charge on any atom is 0.425 e. The highest BCUT2D eigenvalue weighted by molar-refractivity contribution is 5.47. The number of benzene rings is 2. The molecule has 0 bridgehead atoms. The molecule has 1 saturated heterocycles. The Bertz CT molecular complexity index is 836. The van der Waals surface area contributed by atoms with Crippen LogP contribution in [0.4, 0.5) is 18.9 Å². The first-order chi connectivity index (χ1) is 14.1. The first-order valence-corrected chi connectivity index (χ1v) is 9.82. The minimum Gasteiger partial charge on any atom is -0.497 e. The summed E-state index contributed by atoms with van der Waals surface area (Å²) in [7, 11) is 3.39. The van der Waals surface area contributed by atoms with Crippen molar-refractivity contribution < 1.29 is 28.1 Å². The Morgan fingerprint density at radius 1 is 1.10 bits per heavy atom. The Kier molecular flexibility index (Phi) is 6.59. The first-order valence-electron chi connectivity index (χ1n) is 9.82. The van der Waals surface area contributed by atoms with Crippen molar-refractivity contribution in [1.82, 2.24) is 4.90 Å². The number of halogens is 3. The monoisotopic (exact) mass is 424 g/mol. The molecule has 1 fully saturated rings. The normalized spacial score (nSPS) is 19.2. The zero-order valence-corrected chi connectivity index (χ0v) is 17.0. The van der Waals surface area contributed by atoms with Crippen LogP contribution in [0.2, 0.25) is 0 Å². The van der Waals surface area contributed by atoms with Gasteiger partial charge in [0, 0.05) is 11.3 Å². The number of nitrogens with one attached hydrogen (secondary N) is 1. The molecule has 0 radical (unpaired) electrons. The first kappa shape index (κ1) is 22.4. The second-order valence-electron chi connectivity index (χ2n) is 7.74. The van der Waals surface area contributed by atoms with Crippen LogP contribution in [-0.2, 0) is 5.60 Å². The van der Waals surface area contributed by atoms with Crippen molar-refractivity contribution in [1.29, 1.82) is 0 Å². The number of nitrogens with zero attached hydrogens (tertiary/aromatic N) is 1. The second kappa shape index (κ2) is 8.83. The van der Waals surface area contributed by atoms with Gasteiger partial charge in [-0.1, -0.05) is 24.3 Å². The quantitative estimate of drug-likeness (QED) is 0.618. The molecule has 1 heterocycles. The van der Waals surface area contributed by atoms with Crippen molar-refractivity contribution in [2.45, 2.75) is 36.8 Å². The van der Waals surface area contributed by atoms with Gasteiger partial charge < -0.3 is 25.2 Å². The van der Waals surface area contributed by atoms with Gasteiger partial charge in [-0.15, -0.1) is 0 Å². The molecule has 0 aromatic heterocycles. The summed E-state index contributed by atoms with van der Waals surface area (Å²) in [6, 6.07) is 11.9. The number of piperidine rings is 1. The van der Waals surface area contributed by atoms with Crippen LogP contribution in [-0.4, -0.2) is 54.8 Å². The summed E-state index contributed by atoms with van der Waals surface area (Å²) in [6.45, 7) is 2.01. The number of hydrogen-bond acceptors (Lipinski definition) is 5. The van der Waals surface area contributed by atoms with E-state index in [4.69, 9.17) is 4.74 Å². The van der Waals surface area contributed by atoms with Crippen molar-refractivity contribution in [3.8, 4) is 5.75 Å². The second-order valence-corrected chi connectivity index (χ2v) is 7.74. The highest BCUT2D eigenvalue weighted by Gasteiger charge is 2.60. The number of aliphatic hydroxyl groups is 2. The van der Waals surface area contributed by atoms with E-state index in [-0.39, 0.29) is 11.4 Å². The Balaban J connectivity index is 1.80. The van der Waals surface area contributed by atoms with E-state index in [2.05, 4.69) is 17.3 Å². The van der Waals surface area contributed by atoms with Gasteiger partial charge in [0.05, 0.1) is 7.11 Å². The number of ether oxygens (including phenoxy) is 1. The van der Waals surface area contributed by atoms with Crippen molar-refractivity contribution in [2.75, 3.05) is 32.6 Å². The molecule has 5 nitrogen and oxygen atoms in total. The summed E-state index contributed by atoms with van der Waals surface area (Å²) in [4.78, 5) is 2.26. The van der Waals surface area contributed by atoms with Crippen LogP contribution in [0.15, 0.2) is 48.5 Å². The average Bonchev–Trinajstić information content (AvgIpc) is 2.73. The minimum absolute atomic E-state index is 0.143. The molecule has 0 amide bonds. The maximum atomic E-state index is 13.8. The van der Waals surface area contributed by atoms with Crippen LogP contribution >= 0.6 is 0 Å². The van der Waals surface area contributed by atoms with Gasteiger partial charge in [-0.05, 0) is 68.7 Å². The Morgan fingerprint density at radius 2 is 1.73 bits per heavy atom. The lowest BCUT2D eigenvalue weighted by Gasteiger charge is -2.36. The Morgan fingerprint density at radius 3 is 2.30 bits per heavy atom. The third-order valence-corrected chi connectivity index (χ3v) is 5.74. The number of anilines is 1.